The van der Waals surface area contributed by atoms with Crippen LogP contribution in [0.15, 0.2) is 12.7 Å². The van der Waals surface area contributed by atoms with Gasteiger partial charge in [0.05, 0.1) is 0 Å². The second-order valence-corrected chi connectivity index (χ2v) is 3.62. The van der Waals surface area contributed by atoms with Crippen LogP contribution in [-0.2, 0) is 4.79 Å². The largest absolute Gasteiger partial charge is 0.396 e. The van der Waals surface area contributed by atoms with Gasteiger partial charge in [0.15, 0.2) is 5.78 Å². The van der Waals surface area contributed by atoms with Crippen LogP contribution in [0.5, 0.6) is 0 Å². The molecule has 0 fully saturated rings. The van der Waals surface area contributed by atoms with Crippen LogP contribution in [0.3, 0.4) is 0 Å². The lowest BCUT2D eigenvalue weighted by Gasteiger charge is -1.99. The van der Waals surface area contributed by atoms with E-state index in [9.17, 15) is 4.79 Å². The van der Waals surface area contributed by atoms with Crippen molar-refractivity contribution < 1.29 is 9.90 Å². The number of carbonyl (C=O) groups excluding carboxylic acids is 1. The van der Waals surface area contributed by atoms with Crippen molar-refractivity contribution >= 4 is 5.78 Å². The van der Waals surface area contributed by atoms with Crippen LogP contribution < -0.4 is 0 Å². The number of aliphatic hydroxyl groups is 1. The molecule has 0 aromatic carbocycles. The molecule has 0 unspecified atom stereocenters. The average Bonchev–Trinajstić information content (AvgIpc) is 2.21. The summed E-state index contributed by atoms with van der Waals surface area (Å²) in [7, 11) is 0. The van der Waals surface area contributed by atoms with Gasteiger partial charge in [-0.2, -0.15) is 0 Å². The molecule has 14 heavy (non-hydrogen) atoms. The summed E-state index contributed by atoms with van der Waals surface area (Å²) in [5.74, 6) is 0.158. The van der Waals surface area contributed by atoms with Crippen LogP contribution in [0, 0.1) is 0 Å². The number of ketones is 1. The molecule has 0 aromatic heterocycles. The topological polar surface area (TPSA) is 37.3 Å². The zero-order valence-corrected chi connectivity index (χ0v) is 9.00. The first-order chi connectivity index (χ1) is 6.81. The summed E-state index contributed by atoms with van der Waals surface area (Å²) in [6.45, 7) is 3.75. The summed E-state index contributed by atoms with van der Waals surface area (Å²) in [6.07, 6.45) is 9.87. The maximum Gasteiger partial charge on any atom is 0.155 e. The Morgan fingerprint density at radius 1 is 1.00 bits per heavy atom. The van der Waals surface area contributed by atoms with Crippen molar-refractivity contribution in [2.24, 2.45) is 0 Å². The van der Waals surface area contributed by atoms with Gasteiger partial charge >= 0.3 is 0 Å². The van der Waals surface area contributed by atoms with Gasteiger partial charge in [-0.05, 0) is 18.9 Å². The van der Waals surface area contributed by atoms with E-state index in [2.05, 4.69) is 6.58 Å². The summed E-state index contributed by atoms with van der Waals surface area (Å²) in [5.41, 5.74) is 0. The van der Waals surface area contributed by atoms with Gasteiger partial charge in [0.25, 0.3) is 0 Å². The van der Waals surface area contributed by atoms with Crippen molar-refractivity contribution in [2.45, 2.75) is 51.4 Å². The standard InChI is InChI=1S/C12H22O2/c1-2-12(14)10-8-6-4-3-5-7-9-11-13/h2,13H,1,3-11H2. The third kappa shape index (κ3) is 9.46. The van der Waals surface area contributed by atoms with Crippen LogP contribution in [0.4, 0.5) is 0 Å². The van der Waals surface area contributed by atoms with Gasteiger partial charge in [0.2, 0.25) is 0 Å². The monoisotopic (exact) mass is 198 g/mol. The number of rotatable bonds is 10. The molecule has 0 saturated carbocycles. The molecular weight excluding hydrogens is 176 g/mol. The smallest absolute Gasteiger partial charge is 0.155 e. The highest BCUT2D eigenvalue weighted by atomic mass is 16.2. The number of allylic oxidation sites excluding steroid dienone is 1. The van der Waals surface area contributed by atoms with E-state index in [1.165, 1.54) is 25.3 Å². The Labute approximate surface area is 87.0 Å². The van der Waals surface area contributed by atoms with E-state index in [0.717, 1.165) is 25.7 Å². The molecule has 0 rings (SSSR count). The van der Waals surface area contributed by atoms with Gasteiger partial charge in [-0.1, -0.05) is 38.7 Å². The lowest BCUT2D eigenvalue weighted by atomic mass is 10.1. The number of aliphatic hydroxyl groups excluding tert-OH is 1. The predicted molar refractivity (Wildman–Crippen MR) is 59.2 cm³/mol. The third-order valence-electron chi connectivity index (χ3n) is 2.31. The van der Waals surface area contributed by atoms with E-state index in [1.807, 2.05) is 0 Å². The molecule has 0 radical (unpaired) electrons. The van der Waals surface area contributed by atoms with Crippen molar-refractivity contribution in [3.63, 3.8) is 0 Å². The molecule has 2 heteroatoms. The molecule has 0 atom stereocenters. The minimum atomic E-state index is 0.158. The normalized spacial score (nSPS) is 10.1. The number of hydrogen-bond acceptors (Lipinski definition) is 2. The summed E-state index contributed by atoms with van der Waals surface area (Å²) < 4.78 is 0. The average molecular weight is 198 g/mol. The lowest BCUT2D eigenvalue weighted by molar-refractivity contribution is -0.114. The van der Waals surface area contributed by atoms with Crippen molar-refractivity contribution in [1.82, 2.24) is 0 Å². The Morgan fingerprint density at radius 3 is 2.00 bits per heavy atom. The Kier molecular flexibility index (Phi) is 9.98. The van der Waals surface area contributed by atoms with E-state index >= 15 is 0 Å². The maximum absolute atomic E-state index is 10.8. The van der Waals surface area contributed by atoms with E-state index in [1.54, 1.807) is 0 Å². The summed E-state index contributed by atoms with van der Waals surface area (Å²) in [5, 5.41) is 8.55. The van der Waals surface area contributed by atoms with E-state index in [0.29, 0.717) is 13.0 Å². The van der Waals surface area contributed by atoms with Gasteiger partial charge in [-0.15, -0.1) is 0 Å². The fourth-order valence-electron chi connectivity index (χ4n) is 1.40. The molecule has 0 spiro atoms. The molecular formula is C12H22O2. The van der Waals surface area contributed by atoms with Crippen molar-refractivity contribution in [1.29, 1.82) is 0 Å². The molecule has 0 saturated heterocycles. The Hall–Kier alpha value is -0.630. The van der Waals surface area contributed by atoms with Crippen molar-refractivity contribution in [3.05, 3.63) is 12.7 Å². The van der Waals surface area contributed by atoms with Gasteiger partial charge in [0, 0.05) is 13.0 Å². The first-order valence-corrected chi connectivity index (χ1v) is 5.57. The molecule has 0 aliphatic rings. The first kappa shape index (κ1) is 13.4. The quantitative estimate of drug-likeness (QED) is 0.433. The predicted octanol–water partition coefficient (Wildman–Crippen LogP) is 2.85. The first-order valence-electron chi connectivity index (χ1n) is 5.57. The highest BCUT2D eigenvalue weighted by Gasteiger charge is 1.95. The van der Waals surface area contributed by atoms with Crippen molar-refractivity contribution in [2.75, 3.05) is 6.61 Å². The van der Waals surface area contributed by atoms with Crippen LogP contribution in [0.2, 0.25) is 0 Å². The number of carbonyl (C=O) groups is 1. The number of unbranched alkanes of at least 4 members (excludes halogenated alkanes) is 6. The van der Waals surface area contributed by atoms with E-state index in [-0.39, 0.29) is 5.78 Å². The minimum Gasteiger partial charge on any atom is -0.396 e. The molecule has 0 aliphatic carbocycles. The van der Waals surface area contributed by atoms with Crippen LogP contribution in [0.1, 0.15) is 51.4 Å². The highest BCUT2D eigenvalue weighted by molar-refractivity contribution is 5.88. The molecule has 0 heterocycles. The molecule has 2 nitrogen and oxygen atoms in total. The summed E-state index contributed by atoms with van der Waals surface area (Å²) >= 11 is 0. The second kappa shape index (κ2) is 10.5. The zero-order chi connectivity index (χ0) is 10.6. The Morgan fingerprint density at radius 2 is 1.50 bits per heavy atom. The molecule has 0 amide bonds. The van der Waals surface area contributed by atoms with E-state index in [4.69, 9.17) is 5.11 Å². The fraction of sp³-hybridized carbons (Fsp3) is 0.750. The van der Waals surface area contributed by atoms with E-state index < -0.39 is 0 Å². The molecule has 82 valence electrons. The highest BCUT2D eigenvalue weighted by Crippen LogP contribution is 2.08. The van der Waals surface area contributed by atoms with Crippen LogP contribution in [0.25, 0.3) is 0 Å². The molecule has 0 aromatic rings. The minimum absolute atomic E-state index is 0.158. The SMILES string of the molecule is C=CC(=O)CCCCCCCCCO. The second-order valence-electron chi connectivity index (χ2n) is 3.62. The maximum atomic E-state index is 10.8. The van der Waals surface area contributed by atoms with Crippen LogP contribution in [-0.4, -0.2) is 17.5 Å². The third-order valence-corrected chi connectivity index (χ3v) is 2.31. The Balaban J connectivity index is 2.99. The zero-order valence-electron chi connectivity index (χ0n) is 9.00. The van der Waals surface area contributed by atoms with Crippen molar-refractivity contribution in [3.8, 4) is 0 Å². The van der Waals surface area contributed by atoms with Gasteiger partial charge in [-0.25, -0.2) is 0 Å². The summed E-state index contributed by atoms with van der Waals surface area (Å²) in [4.78, 5) is 10.8. The van der Waals surface area contributed by atoms with Gasteiger partial charge in [-0.3, -0.25) is 4.79 Å². The fourth-order valence-corrected chi connectivity index (χ4v) is 1.40. The molecule has 1 N–H and O–H groups in total. The molecule has 0 aliphatic heterocycles. The Bertz CT molecular complexity index is 152. The molecule has 0 bridgehead atoms. The van der Waals surface area contributed by atoms with Crippen LogP contribution >= 0.6 is 0 Å². The van der Waals surface area contributed by atoms with Gasteiger partial charge in [0.1, 0.15) is 0 Å². The van der Waals surface area contributed by atoms with Gasteiger partial charge < -0.3 is 5.11 Å². The summed E-state index contributed by atoms with van der Waals surface area (Å²) in [6, 6.07) is 0. The number of hydrogen-bond donors (Lipinski definition) is 1. The lowest BCUT2D eigenvalue weighted by Crippen LogP contribution is -1.91.